The highest BCUT2D eigenvalue weighted by Crippen LogP contribution is 2.61. The first-order valence-corrected chi connectivity index (χ1v) is 11.5. The third kappa shape index (κ3) is 2.22. The molecule has 4 aliphatic heterocycles. The second-order valence-electron chi connectivity index (χ2n) is 9.57. The molecule has 4 heterocycles. The number of benzene rings is 2. The fourth-order valence-electron chi connectivity index (χ4n) is 6.73. The van der Waals surface area contributed by atoms with Crippen molar-refractivity contribution < 1.29 is 14.4 Å². The molecule has 4 aliphatic rings. The van der Waals surface area contributed by atoms with Crippen LogP contribution in [0.1, 0.15) is 35.1 Å². The number of nitrogens with one attached hydrogen (secondary N) is 1. The lowest BCUT2D eigenvalue weighted by atomic mass is 9.75. The molecule has 32 heavy (non-hydrogen) atoms. The maximum Gasteiger partial charge on any atom is 0.250 e. The second-order valence-corrected chi connectivity index (χ2v) is 10.0. The minimum atomic E-state index is -1.20. The van der Waals surface area contributed by atoms with Gasteiger partial charge in [0.15, 0.2) is 0 Å². The predicted molar refractivity (Wildman–Crippen MR) is 122 cm³/mol. The molecular formula is C25H24ClN3O3. The first-order valence-electron chi connectivity index (χ1n) is 11.1. The molecule has 6 rings (SSSR count). The zero-order valence-corrected chi connectivity index (χ0v) is 19.0. The smallest absolute Gasteiger partial charge is 0.250 e. The van der Waals surface area contributed by atoms with E-state index in [2.05, 4.69) is 10.2 Å². The van der Waals surface area contributed by atoms with Gasteiger partial charge in [-0.25, -0.2) is 4.90 Å². The van der Waals surface area contributed by atoms with Crippen molar-refractivity contribution in [2.75, 3.05) is 16.8 Å². The number of anilines is 2. The van der Waals surface area contributed by atoms with E-state index in [1.807, 2.05) is 45.0 Å². The number of amides is 3. The van der Waals surface area contributed by atoms with Crippen molar-refractivity contribution in [2.24, 2.45) is 11.8 Å². The maximum atomic E-state index is 14.0. The van der Waals surface area contributed by atoms with Crippen molar-refractivity contribution in [1.29, 1.82) is 0 Å². The molecule has 7 heteroatoms. The van der Waals surface area contributed by atoms with Crippen molar-refractivity contribution in [1.82, 2.24) is 4.90 Å². The molecule has 0 radical (unpaired) electrons. The lowest BCUT2D eigenvalue weighted by Gasteiger charge is -2.37. The van der Waals surface area contributed by atoms with Crippen LogP contribution in [0.5, 0.6) is 0 Å². The molecule has 1 spiro atoms. The number of carbonyl (C=O) groups is 3. The van der Waals surface area contributed by atoms with Gasteiger partial charge < -0.3 is 5.32 Å². The van der Waals surface area contributed by atoms with Crippen LogP contribution in [0.2, 0.25) is 5.02 Å². The number of imide groups is 1. The van der Waals surface area contributed by atoms with Crippen LogP contribution in [0.3, 0.4) is 0 Å². The van der Waals surface area contributed by atoms with Gasteiger partial charge in [-0.3, -0.25) is 19.3 Å². The zero-order chi connectivity index (χ0) is 22.5. The van der Waals surface area contributed by atoms with Crippen LogP contribution in [0.4, 0.5) is 11.4 Å². The highest BCUT2D eigenvalue weighted by Gasteiger charge is 2.74. The minimum absolute atomic E-state index is 0.136. The van der Waals surface area contributed by atoms with Crippen LogP contribution in [-0.2, 0) is 19.9 Å². The number of fused-ring (bicyclic) bond motifs is 7. The average molecular weight is 450 g/mol. The molecule has 6 nitrogen and oxygen atoms in total. The summed E-state index contributed by atoms with van der Waals surface area (Å²) in [7, 11) is 0. The summed E-state index contributed by atoms with van der Waals surface area (Å²) in [6, 6.07) is 9.21. The van der Waals surface area contributed by atoms with Gasteiger partial charge in [0, 0.05) is 22.3 Å². The number of hydrogen-bond donors (Lipinski definition) is 1. The van der Waals surface area contributed by atoms with Crippen LogP contribution >= 0.6 is 11.6 Å². The van der Waals surface area contributed by atoms with E-state index >= 15 is 0 Å². The third-order valence-corrected chi connectivity index (χ3v) is 8.08. The Labute approximate surface area is 191 Å². The minimum Gasteiger partial charge on any atom is -0.324 e. The standard InChI is InChI=1S/C25H24ClN3O3/c1-12-6-7-17(13(2)9-12)29-22(30)19-18-5-4-8-28(18)25(20(19)23(29)31)16-11-15(26)10-14(3)21(16)27-24(25)32/h6-7,9-11,18-20H,4-5,8H2,1-3H3,(H,27,32). The van der Waals surface area contributed by atoms with Gasteiger partial charge in [-0.2, -0.15) is 0 Å². The van der Waals surface area contributed by atoms with E-state index in [1.165, 1.54) is 4.90 Å². The van der Waals surface area contributed by atoms with Crippen LogP contribution in [0.15, 0.2) is 30.3 Å². The Hall–Kier alpha value is -2.70. The summed E-state index contributed by atoms with van der Waals surface area (Å²) in [5, 5.41) is 3.57. The number of hydrogen-bond acceptors (Lipinski definition) is 4. The van der Waals surface area contributed by atoms with E-state index < -0.39 is 17.4 Å². The highest BCUT2D eigenvalue weighted by molar-refractivity contribution is 6.31. The van der Waals surface area contributed by atoms with Crippen molar-refractivity contribution in [3.8, 4) is 0 Å². The first kappa shape index (κ1) is 19.9. The van der Waals surface area contributed by atoms with E-state index in [9.17, 15) is 14.4 Å². The lowest BCUT2D eigenvalue weighted by Crippen LogP contribution is -2.54. The molecule has 2 aromatic rings. The average Bonchev–Trinajstić information content (AvgIpc) is 3.42. The van der Waals surface area contributed by atoms with E-state index in [4.69, 9.17) is 11.6 Å². The summed E-state index contributed by atoms with van der Waals surface area (Å²) in [6.07, 6.45) is 1.69. The second kappa shape index (κ2) is 6.42. The molecule has 3 saturated heterocycles. The molecule has 0 saturated carbocycles. The van der Waals surface area contributed by atoms with Gasteiger partial charge in [0.1, 0.15) is 5.54 Å². The quantitative estimate of drug-likeness (QED) is 0.674. The molecule has 1 N–H and O–H groups in total. The van der Waals surface area contributed by atoms with Crippen LogP contribution in [0.25, 0.3) is 0 Å². The van der Waals surface area contributed by atoms with Crippen molar-refractivity contribution in [3.05, 3.63) is 57.6 Å². The largest absolute Gasteiger partial charge is 0.324 e. The Kier molecular flexibility index (Phi) is 4.00. The maximum absolute atomic E-state index is 14.0. The molecule has 3 amide bonds. The monoisotopic (exact) mass is 449 g/mol. The first-order chi connectivity index (χ1) is 15.3. The number of rotatable bonds is 1. The molecule has 2 aromatic carbocycles. The van der Waals surface area contributed by atoms with E-state index in [0.717, 1.165) is 40.8 Å². The number of carbonyl (C=O) groups excluding carboxylic acids is 3. The van der Waals surface area contributed by atoms with Gasteiger partial charge in [-0.1, -0.05) is 29.3 Å². The van der Waals surface area contributed by atoms with Gasteiger partial charge in [0.05, 0.1) is 17.5 Å². The summed E-state index contributed by atoms with van der Waals surface area (Å²) < 4.78 is 0. The Morgan fingerprint density at radius 2 is 1.81 bits per heavy atom. The van der Waals surface area contributed by atoms with Crippen molar-refractivity contribution in [3.63, 3.8) is 0 Å². The van der Waals surface area contributed by atoms with Crippen molar-refractivity contribution >= 4 is 40.7 Å². The molecule has 4 atom stereocenters. The van der Waals surface area contributed by atoms with E-state index in [1.54, 1.807) is 6.07 Å². The third-order valence-electron chi connectivity index (χ3n) is 7.86. The van der Waals surface area contributed by atoms with Gasteiger partial charge in [-0.15, -0.1) is 0 Å². The molecule has 0 bridgehead atoms. The summed E-state index contributed by atoms with van der Waals surface area (Å²) in [5.74, 6) is -2.01. The molecule has 4 unspecified atom stereocenters. The molecular weight excluding hydrogens is 426 g/mol. The molecule has 3 fully saturated rings. The lowest BCUT2D eigenvalue weighted by molar-refractivity contribution is -0.135. The van der Waals surface area contributed by atoms with Crippen molar-refractivity contribution in [2.45, 2.75) is 45.2 Å². The fraction of sp³-hybridized carbons (Fsp3) is 0.400. The van der Waals surface area contributed by atoms with E-state index in [-0.39, 0.29) is 23.8 Å². The van der Waals surface area contributed by atoms with Crippen LogP contribution in [0, 0.1) is 32.6 Å². The van der Waals surface area contributed by atoms with Gasteiger partial charge >= 0.3 is 0 Å². The van der Waals surface area contributed by atoms with Crippen LogP contribution in [-0.4, -0.2) is 35.2 Å². The Bertz CT molecular complexity index is 1240. The summed E-state index contributed by atoms with van der Waals surface area (Å²) in [6.45, 7) is 6.48. The molecule has 0 aliphatic carbocycles. The summed E-state index contributed by atoms with van der Waals surface area (Å²) in [5.41, 5.74) is 3.67. The normalized spacial score (nSPS) is 30.8. The number of nitrogens with zero attached hydrogens (tertiary/aromatic N) is 2. The van der Waals surface area contributed by atoms with Gasteiger partial charge in [0.2, 0.25) is 17.7 Å². The zero-order valence-electron chi connectivity index (χ0n) is 18.2. The number of halogens is 1. The van der Waals surface area contributed by atoms with Crippen LogP contribution < -0.4 is 10.2 Å². The highest BCUT2D eigenvalue weighted by atomic mass is 35.5. The Morgan fingerprint density at radius 1 is 1.03 bits per heavy atom. The van der Waals surface area contributed by atoms with Gasteiger partial charge in [0.25, 0.3) is 0 Å². The Morgan fingerprint density at radius 3 is 2.56 bits per heavy atom. The molecule has 0 aromatic heterocycles. The molecule has 164 valence electrons. The summed E-state index contributed by atoms with van der Waals surface area (Å²) in [4.78, 5) is 45.0. The predicted octanol–water partition coefficient (Wildman–Crippen LogP) is 3.70. The SMILES string of the molecule is Cc1ccc(N2C(=O)C3C4CCCN4C4(C(=O)Nc5c(C)cc(Cl)cc54)C3C2=O)c(C)c1. The fourth-order valence-corrected chi connectivity index (χ4v) is 7.00. The van der Waals surface area contributed by atoms with E-state index in [0.29, 0.717) is 17.3 Å². The Balaban J connectivity index is 1.58. The summed E-state index contributed by atoms with van der Waals surface area (Å²) >= 11 is 6.43. The number of aryl methyl sites for hydroxylation is 3. The topological polar surface area (TPSA) is 69.7 Å². The van der Waals surface area contributed by atoms with Gasteiger partial charge in [-0.05, 0) is 69.5 Å².